The molecular weight excluding hydrogens is 288 g/mol. The third-order valence-corrected chi connectivity index (χ3v) is 3.02. The van der Waals surface area contributed by atoms with Gasteiger partial charge in [0.25, 0.3) is 0 Å². The van der Waals surface area contributed by atoms with Gasteiger partial charge in [-0.1, -0.05) is 12.1 Å². The van der Waals surface area contributed by atoms with Crippen LogP contribution in [0.5, 0.6) is 11.5 Å². The molecule has 0 aromatic heterocycles. The molecule has 1 aromatic carbocycles. The van der Waals surface area contributed by atoms with E-state index in [4.69, 9.17) is 14.6 Å². The molecule has 1 aromatic rings. The van der Waals surface area contributed by atoms with Gasteiger partial charge >= 0.3 is 12.0 Å². The van der Waals surface area contributed by atoms with E-state index in [2.05, 4.69) is 5.32 Å². The number of carbonyl (C=O) groups excluding carboxylic acids is 1. The summed E-state index contributed by atoms with van der Waals surface area (Å²) in [7, 11) is 3.18. The van der Waals surface area contributed by atoms with Gasteiger partial charge in [0, 0.05) is 13.6 Å². The van der Waals surface area contributed by atoms with Crippen molar-refractivity contribution in [3.8, 4) is 11.5 Å². The van der Waals surface area contributed by atoms with E-state index in [0.29, 0.717) is 31.1 Å². The largest absolute Gasteiger partial charge is 0.493 e. The molecule has 0 spiro atoms. The third-order valence-electron chi connectivity index (χ3n) is 3.02. The Hall–Kier alpha value is -2.44. The van der Waals surface area contributed by atoms with Gasteiger partial charge in [0.05, 0.1) is 13.7 Å². The number of aliphatic carboxylic acids is 1. The van der Waals surface area contributed by atoms with Crippen LogP contribution in [0.2, 0.25) is 0 Å². The molecule has 0 aliphatic heterocycles. The summed E-state index contributed by atoms with van der Waals surface area (Å²) >= 11 is 0. The van der Waals surface area contributed by atoms with E-state index in [0.717, 1.165) is 0 Å². The van der Waals surface area contributed by atoms with E-state index >= 15 is 0 Å². The van der Waals surface area contributed by atoms with Gasteiger partial charge < -0.3 is 24.8 Å². The highest BCUT2D eigenvalue weighted by Crippen LogP contribution is 2.25. The molecule has 1 rings (SSSR count). The maximum absolute atomic E-state index is 11.7. The monoisotopic (exact) mass is 310 g/mol. The second kappa shape index (κ2) is 8.76. The van der Waals surface area contributed by atoms with Crippen LogP contribution in [-0.4, -0.2) is 55.4 Å². The number of amides is 2. The lowest BCUT2D eigenvalue weighted by Crippen LogP contribution is -2.45. The lowest BCUT2D eigenvalue weighted by Gasteiger charge is -2.19. The summed E-state index contributed by atoms with van der Waals surface area (Å²) in [5.41, 5.74) is 0. The van der Waals surface area contributed by atoms with Gasteiger partial charge in [0.2, 0.25) is 0 Å². The Morgan fingerprint density at radius 3 is 2.55 bits per heavy atom. The third kappa shape index (κ3) is 5.51. The Morgan fingerprint density at radius 1 is 1.32 bits per heavy atom. The molecule has 0 heterocycles. The van der Waals surface area contributed by atoms with Crippen molar-refractivity contribution in [3.63, 3.8) is 0 Å². The normalized spacial score (nSPS) is 11.4. The number of para-hydroxylation sites is 2. The second-order valence-electron chi connectivity index (χ2n) is 4.78. The summed E-state index contributed by atoms with van der Waals surface area (Å²) < 4.78 is 10.8. The number of hydrogen-bond donors (Lipinski definition) is 2. The van der Waals surface area contributed by atoms with Gasteiger partial charge in [0.1, 0.15) is 6.04 Å². The Bertz CT molecular complexity index is 506. The van der Waals surface area contributed by atoms with Crippen LogP contribution in [0.3, 0.4) is 0 Å². The zero-order valence-electron chi connectivity index (χ0n) is 13.0. The lowest BCUT2D eigenvalue weighted by atomic mass is 10.3. The average molecular weight is 310 g/mol. The number of rotatable bonds is 8. The van der Waals surface area contributed by atoms with Crippen LogP contribution in [0.15, 0.2) is 24.3 Å². The fourth-order valence-corrected chi connectivity index (χ4v) is 1.68. The summed E-state index contributed by atoms with van der Waals surface area (Å²) in [6.07, 6.45) is 0.615. The van der Waals surface area contributed by atoms with Crippen molar-refractivity contribution in [2.75, 3.05) is 27.3 Å². The number of benzene rings is 1. The molecule has 0 radical (unpaired) electrons. The molecule has 7 nitrogen and oxygen atoms in total. The maximum Gasteiger partial charge on any atom is 0.325 e. The molecule has 1 unspecified atom stereocenters. The van der Waals surface area contributed by atoms with Crippen molar-refractivity contribution in [2.24, 2.45) is 0 Å². The van der Waals surface area contributed by atoms with Crippen molar-refractivity contribution in [1.82, 2.24) is 10.2 Å². The van der Waals surface area contributed by atoms with Crippen LogP contribution < -0.4 is 14.8 Å². The summed E-state index contributed by atoms with van der Waals surface area (Å²) in [6.45, 7) is 2.29. The highest BCUT2D eigenvalue weighted by molar-refractivity contribution is 5.82. The van der Waals surface area contributed by atoms with Crippen molar-refractivity contribution in [2.45, 2.75) is 19.4 Å². The number of nitrogens with zero attached hydrogens (tertiary/aromatic N) is 1. The van der Waals surface area contributed by atoms with E-state index in [1.54, 1.807) is 14.2 Å². The zero-order valence-corrected chi connectivity index (χ0v) is 13.0. The topological polar surface area (TPSA) is 88.1 Å². The first kappa shape index (κ1) is 17.6. The summed E-state index contributed by atoms with van der Waals surface area (Å²) in [6, 6.07) is 5.98. The molecule has 2 N–H and O–H groups in total. The van der Waals surface area contributed by atoms with Gasteiger partial charge in [-0.25, -0.2) is 4.79 Å². The van der Waals surface area contributed by atoms with E-state index in [1.807, 2.05) is 24.3 Å². The van der Waals surface area contributed by atoms with Crippen LogP contribution in [0.4, 0.5) is 4.79 Å². The SMILES string of the molecule is COc1ccccc1OCCCN(C)C(=O)NC(C)C(=O)O. The fraction of sp³-hybridized carbons (Fsp3) is 0.467. The Labute approximate surface area is 129 Å². The summed E-state index contributed by atoms with van der Waals surface area (Å²) in [5.74, 6) is 0.238. The van der Waals surface area contributed by atoms with E-state index in [9.17, 15) is 9.59 Å². The molecule has 0 aliphatic carbocycles. The zero-order chi connectivity index (χ0) is 16.5. The quantitative estimate of drug-likeness (QED) is 0.712. The van der Waals surface area contributed by atoms with Crippen LogP contribution in [0.25, 0.3) is 0 Å². The first-order valence-electron chi connectivity index (χ1n) is 6.96. The van der Waals surface area contributed by atoms with Gasteiger partial charge in [-0.3, -0.25) is 4.79 Å². The van der Waals surface area contributed by atoms with E-state index < -0.39 is 18.0 Å². The Morgan fingerprint density at radius 2 is 1.95 bits per heavy atom. The first-order chi connectivity index (χ1) is 10.5. The van der Waals surface area contributed by atoms with Crippen molar-refractivity contribution in [3.05, 3.63) is 24.3 Å². The number of methoxy groups -OCH3 is 1. The fourth-order valence-electron chi connectivity index (χ4n) is 1.68. The maximum atomic E-state index is 11.7. The summed E-state index contributed by atoms with van der Waals surface area (Å²) in [4.78, 5) is 23.8. The molecule has 0 fully saturated rings. The average Bonchev–Trinajstić information content (AvgIpc) is 2.51. The number of ether oxygens (including phenoxy) is 2. The molecule has 122 valence electrons. The first-order valence-corrected chi connectivity index (χ1v) is 6.96. The van der Waals surface area contributed by atoms with Gasteiger partial charge in [-0.15, -0.1) is 0 Å². The molecule has 7 heteroatoms. The van der Waals surface area contributed by atoms with Crippen molar-refractivity contribution < 1.29 is 24.2 Å². The minimum absolute atomic E-state index is 0.423. The Balaban J connectivity index is 2.31. The number of carboxylic acids is 1. The molecule has 22 heavy (non-hydrogen) atoms. The van der Waals surface area contributed by atoms with Gasteiger partial charge in [-0.2, -0.15) is 0 Å². The molecule has 0 aliphatic rings. The number of hydrogen-bond acceptors (Lipinski definition) is 4. The van der Waals surface area contributed by atoms with Crippen molar-refractivity contribution in [1.29, 1.82) is 0 Å². The molecular formula is C15H22N2O5. The molecule has 1 atom stereocenters. The predicted octanol–water partition coefficient (Wildman–Crippen LogP) is 1.58. The van der Waals surface area contributed by atoms with E-state index in [-0.39, 0.29) is 0 Å². The summed E-state index contributed by atoms with van der Waals surface area (Å²) in [5, 5.41) is 11.1. The lowest BCUT2D eigenvalue weighted by molar-refractivity contribution is -0.138. The van der Waals surface area contributed by atoms with Gasteiger partial charge in [-0.05, 0) is 25.5 Å². The standard InChI is InChI=1S/C15H22N2O5/c1-11(14(18)19)16-15(20)17(2)9-6-10-22-13-8-5-4-7-12(13)21-3/h4-5,7-8,11H,6,9-10H2,1-3H3,(H,16,20)(H,18,19). The predicted molar refractivity (Wildman–Crippen MR) is 81.4 cm³/mol. The molecule has 0 bridgehead atoms. The smallest absolute Gasteiger partial charge is 0.325 e. The number of urea groups is 1. The van der Waals surface area contributed by atoms with E-state index in [1.165, 1.54) is 11.8 Å². The van der Waals surface area contributed by atoms with Crippen molar-refractivity contribution >= 4 is 12.0 Å². The molecule has 0 saturated carbocycles. The number of carbonyl (C=O) groups is 2. The second-order valence-corrected chi connectivity index (χ2v) is 4.78. The number of nitrogens with one attached hydrogen (secondary N) is 1. The highest BCUT2D eigenvalue weighted by Gasteiger charge is 2.16. The molecule has 2 amide bonds. The minimum atomic E-state index is -1.07. The van der Waals surface area contributed by atoms with Crippen LogP contribution in [0.1, 0.15) is 13.3 Å². The van der Waals surface area contributed by atoms with Gasteiger partial charge in [0.15, 0.2) is 11.5 Å². The Kier molecular flexibility index (Phi) is 7.01. The number of carboxylic acid groups (broad SMARTS) is 1. The highest BCUT2D eigenvalue weighted by atomic mass is 16.5. The molecule has 0 saturated heterocycles. The van der Waals surface area contributed by atoms with Crippen LogP contribution in [-0.2, 0) is 4.79 Å². The van der Waals surface area contributed by atoms with Crippen LogP contribution >= 0.6 is 0 Å². The minimum Gasteiger partial charge on any atom is -0.493 e. The van der Waals surface area contributed by atoms with Crippen LogP contribution in [0, 0.1) is 0 Å².